The number of anilines is 2. The van der Waals surface area contributed by atoms with E-state index in [1.165, 1.54) is 49.8 Å². The van der Waals surface area contributed by atoms with E-state index in [4.69, 9.17) is 9.72 Å². The van der Waals surface area contributed by atoms with Gasteiger partial charge in [-0.05, 0) is 103 Å². The highest BCUT2D eigenvalue weighted by Gasteiger charge is 2.33. The molecule has 3 fully saturated rings. The van der Waals surface area contributed by atoms with Gasteiger partial charge < -0.3 is 24.7 Å². The zero-order valence-corrected chi connectivity index (χ0v) is 33.1. The van der Waals surface area contributed by atoms with Crippen LogP contribution in [0.15, 0.2) is 60.9 Å². The van der Waals surface area contributed by atoms with Crippen molar-refractivity contribution in [2.75, 3.05) is 37.8 Å². The highest BCUT2D eigenvalue weighted by Crippen LogP contribution is 2.34. The molecule has 2 saturated heterocycles. The molecule has 4 aromatic rings. The van der Waals surface area contributed by atoms with Crippen LogP contribution in [0.3, 0.4) is 0 Å². The maximum absolute atomic E-state index is 13.0. The van der Waals surface area contributed by atoms with Crippen LogP contribution in [-0.2, 0) is 22.3 Å². The number of rotatable bonds is 10. The average Bonchev–Trinajstić information content (AvgIpc) is 3.60. The number of amides is 3. The first-order valence-electron chi connectivity index (χ1n) is 19.8. The molecule has 0 radical (unpaired) electrons. The van der Waals surface area contributed by atoms with Crippen LogP contribution in [0.1, 0.15) is 105 Å². The molecule has 1 atom stereocenters. The third kappa shape index (κ3) is 11.3. The first kappa shape index (κ1) is 41.6. The minimum atomic E-state index is -4.60. The van der Waals surface area contributed by atoms with Crippen molar-refractivity contribution in [3.8, 4) is 5.75 Å². The highest BCUT2D eigenvalue weighted by atomic mass is 19.4. The number of aromatic nitrogens is 3. The molecule has 5 heterocycles. The Morgan fingerprint density at radius 3 is 2.33 bits per heavy atom. The maximum Gasteiger partial charge on any atom is 0.433 e. The summed E-state index contributed by atoms with van der Waals surface area (Å²) in [7, 11) is 4.32. The van der Waals surface area contributed by atoms with E-state index in [2.05, 4.69) is 57.0 Å². The fraction of sp³-hybridized carbons (Fsp3) is 0.500. The van der Waals surface area contributed by atoms with Crippen molar-refractivity contribution in [3.63, 3.8) is 0 Å². The summed E-state index contributed by atoms with van der Waals surface area (Å²) in [5.41, 5.74) is 2.98. The third-order valence-electron chi connectivity index (χ3n) is 10.7. The second kappa shape index (κ2) is 18.5. The number of benzene rings is 1. The van der Waals surface area contributed by atoms with Crippen LogP contribution in [-0.4, -0.2) is 87.3 Å². The summed E-state index contributed by atoms with van der Waals surface area (Å²) in [6, 6.07) is 13.7. The van der Waals surface area contributed by atoms with Gasteiger partial charge in [0.2, 0.25) is 11.8 Å². The van der Waals surface area contributed by atoms with Crippen molar-refractivity contribution in [1.82, 2.24) is 29.5 Å². The minimum absolute atomic E-state index is 0.184. The van der Waals surface area contributed by atoms with Gasteiger partial charge in [-0.25, -0.2) is 9.97 Å². The number of imide groups is 1. The lowest BCUT2D eigenvalue weighted by molar-refractivity contribution is -0.141. The molecular weight excluding hydrogens is 738 g/mol. The van der Waals surface area contributed by atoms with Crippen LogP contribution in [0.25, 0.3) is 5.65 Å². The molecule has 3 aromatic heterocycles. The molecule has 7 rings (SSSR count). The van der Waals surface area contributed by atoms with E-state index in [0.29, 0.717) is 36.2 Å². The molecular formula is C42H53F3N8O4. The summed E-state index contributed by atoms with van der Waals surface area (Å²) >= 11 is 0. The molecule has 57 heavy (non-hydrogen) atoms. The van der Waals surface area contributed by atoms with Crippen LogP contribution < -0.4 is 20.7 Å². The molecule has 3 amide bonds. The summed E-state index contributed by atoms with van der Waals surface area (Å²) in [5.74, 6) is -0.501. The predicted octanol–water partition coefficient (Wildman–Crippen LogP) is 7.27. The van der Waals surface area contributed by atoms with Gasteiger partial charge in [-0.3, -0.25) is 24.6 Å². The number of ether oxygens (including phenoxy) is 1. The number of alkyl halides is 3. The summed E-state index contributed by atoms with van der Waals surface area (Å²) < 4.78 is 46.5. The smallest absolute Gasteiger partial charge is 0.433 e. The van der Waals surface area contributed by atoms with Crippen molar-refractivity contribution in [2.24, 2.45) is 0 Å². The van der Waals surface area contributed by atoms with Crippen LogP contribution in [0.2, 0.25) is 0 Å². The summed E-state index contributed by atoms with van der Waals surface area (Å²) in [6.07, 6.45) is 7.89. The fourth-order valence-electron chi connectivity index (χ4n) is 7.59. The fourth-order valence-corrected chi connectivity index (χ4v) is 7.59. The van der Waals surface area contributed by atoms with Gasteiger partial charge in [0, 0.05) is 49.1 Å². The topological polar surface area (TPSA) is 133 Å². The molecule has 0 spiro atoms. The molecule has 1 aliphatic carbocycles. The van der Waals surface area contributed by atoms with E-state index < -0.39 is 17.8 Å². The average molecular weight is 791 g/mol. The number of nitrogens with one attached hydrogen (secondary N) is 3. The summed E-state index contributed by atoms with van der Waals surface area (Å²) in [5, 5.41) is 8.05. The number of piperidine rings is 2. The first-order chi connectivity index (χ1) is 27.2. The van der Waals surface area contributed by atoms with Crippen molar-refractivity contribution < 1.29 is 32.3 Å². The number of hydrogen-bond donors (Lipinski definition) is 3. The summed E-state index contributed by atoms with van der Waals surface area (Å²) in [6.45, 7) is 6.91. The van der Waals surface area contributed by atoms with Crippen molar-refractivity contribution >= 4 is 34.9 Å². The standard InChI is InChI=1S/C23H25F3N4O2.C19H28N4O2/c1-14(2)32-18-11-21-27-17(15-7-4-3-5-8-15)13-30(21)12-16(18)22(31)29-20-10-6-9-19(28-20)23(24,25)26;1-22(2)16-9-11-23(12-10-16)13-14-3-5-15(6-4-14)20-17-7-8-18(24)21-19(17)25/h6,9-15H,3-5,7-8H2,1-2H3,(H,28,29,31);3-6,16-17,20H,7-13H2,1-2H3,(H,21,24,25). The van der Waals surface area contributed by atoms with Gasteiger partial charge in [-0.1, -0.05) is 37.5 Å². The Morgan fingerprint density at radius 2 is 1.68 bits per heavy atom. The number of likely N-dealkylation sites (tertiary alicyclic amines) is 1. The van der Waals surface area contributed by atoms with E-state index in [1.807, 2.05) is 32.2 Å². The molecule has 1 unspecified atom stereocenters. The van der Waals surface area contributed by atoms with Gasteiger partial charge in [0.25, 0.3) is 5.91 Å². The number of nitrogens with zero attached hydrogens (tertiary/aromatic N) is 5. The van der Waals surface area contributed by atoms with E-state index in [9.17, 15) is 27.6 Å². The van der Waals surface area contributed by atoms with Crippen LogP contribution in [0.4, 0.5) is 24.7 Å². The Kier molecular flexibility index (Phi) is 13.5. The normalized spacial score (nSPS) is 18.6. The van der Waals surface area contributed by atoms with Gasteiger partial charge >= 0.3 is 6.18 Å². The second-order valence-electron chi connectivity index (χ2n) is 15.7. The molecule has 2 aliphatic heterocycles. The lowest BCUT2D eigenvalue weighted by Gasteiger charge is -2.35. The molecule has 15 heteroatoms. The molecule has 1 saturated carbocycles. The van der Waals surface area contributed by atoms with E-state index >= 15 is 0 Å². The SMILES string of the molecule is CC(C)Oc1cc2nc(C3CCCCC3)cn2cc1C(=O)Nc1cccc(C(F)(F)F)n1.CN(C)C1CCN(Cc2ccc(NC3CCC(=O)NC3=O)cc2)CC1. The van der Waals surface area contributed by atoms with E-state index in [1.54, 1.807) is 16.7 Å². The van der Waals surface area contributed by atoms with Crippen LogP contribution in [0.5, 0.6) is 5.75 Å². The third-order valence-corrected chi connectivity index (χ3v) is 10.7. The first-order valence-corrected chi connectivity index (χ1v) is 19.8. The number of pyridine rings is 2. The highest BCUT2D eigenvalue weighted by molar-refractivity contribution is 6.06. The van der Waals surface area contributed by atoms with Gasteiger partial charge in [0.15, 0.2) is 0 Å². The van der Waals surface area contributed by atoms with Gasteiger partial charge in [-0.2, -0.15) is 13.2 Å². The Bertz CT molecular complexity index is 2000. The zero-order valence-electron chi connectivity index (χ0n) is 33.1. The Hall–Kier alpha value is -5.02. The lowest BCUT2D eigenvalue weighted by Crippen LogP contribution is -2.47. The Labute approximate surface area is 331 Å². The maximum atomic E-state index is 13.0. The Balaban J connectivity index is 0.000000199. The Morgan fingerprint density at radius 1 is 0.965 bits per heavy atom. The predicted molar refractivity (Wildman–Crippen MR) is 212 cm³/mol. The molecule has 0 bridgehead atoms. The number of imidazole rings is 1. The number of fused-ring (bicyclic) bond motifs is 1. The molecule has 1 aromatic carbocycles. The zero-order chi connectivity index (χ0) is 40.7. The molecule has 12 nitrogen and oxygen atoms in total. The van der Waals surface area contributed by atoms with Gasteiger partial charge in [-0.15, -0.1) is 0 Å². The lowest BCUT2D eigenvalue weighted by atomic mass is 9.87. The quantitative estimate of drug-likeness (QED) is 0.142. The molecule has 306 valence electrons. The van der Waals surface area contributed by atoms with Gasteiger partial charge in [0.1, 0.15) is 29.0 Å². The monoisotopic (exact) mass is 790 g/mol. The number of hydrogen-bond acceptors (Lipinski definition) is 9. The van der Waals surface area contributed by atoms with Crippen molar-refractivity contribution in [3.05, 3.63) is 83.4 Å². The second-order valence-corrected chi connectivity index (χ2v) is 15.7. The molecule has 3 aliphatic rings. The molecule has 3 N–H and O–H groups in total. The van der Waals surface area contributed by atoms with E-state index in [-0.39, 0.29) is 35.3 Å². The minimum Gasteiger partial charge on any atom is -0.490 e. The largest absolute Gasteiger partial charge is 0.490 e. The van der Waals surface area contributed by atoms with Crippen molar-refractivity contribution in [1.29, 1.82) is 0 Å². The van der Waals surface area contributed by atoms with E-state index in [0.717, 1.165) is 49.9 Å². The van der Waals surface area contributed by atoms with Crippen molar-refractivity contribution in [2.45, 2.75) is 108 Å². The van der Waals surface area contributed by atoms with Crippen LogP contribution >= 0.6 is 0 Å². The number of carbonyl (C=O) groups excluding carboxylic acids is 3. The van der Waals surface area contributed by atoms with Gasteiger partial charge in [0.05, 0.1) is 17.4 Å². The number of halogens is 3. The van der Waals surface area contributed by atoms with Crippen LogP contribution in [0, 0.1) is 0 Å². The number of carbonyl (C=O) groups is 3. The summed E-state index contributed by atoms with van der Waals surface area (Å²) in [4.78, 5) is 49.1.